The van der Waals surface area contributed by atoms with Crippen LogP contribution in [0.3, 0.4) is 0 Å². The Morgan fingerprint density at radius 2 is 1.89 bits per heavy atom. The van der Waals surface area contributed by atoms with E-state index >= 15 is 0 Å². The molecule has 1 N–H and O–H groups in total. The second kappa shape index (κ2) is 6.83. The molecule has 0 amide bonds. The van der Waals surface area contributed by atoms with Crippen LogP contribution >= 0.6 is 0 Å². The van der Waals surface area contributed by atoms with Crippen molar-refractivity contribution in [2.45, 2.75) is 41.7 Å². The molecule has 2 aromatic rings. The summed E-state index contributed by atoms with van der Waals surface area (Å²) in [5.74, 6) is -8.75. The lowest BCUT2D eigenvalue weighted by Crippen LogP contribution is -2.32. The first-order chi connectivity index (χ1) is 12.8. The SMILES string of the molecule is O=[S@@](c1cn(-c2ccc(F)c(C(F)(F)F)c2)c2c1C(O)C(F)(F)CC2)C(F)F. The highest BCUT2D eigenvalue weighted by Crippen LogP contribution is 2.46. The quantitative estimate of drug-likeness (QED) is 0.721. The number of alkyl halides is 7. The van der Waals surface area contributed by atoms with Crippen molar-refractivity contribution in [3.05, 3.63) is 47.0 Å². The average Bonchev–Trinajstić information content (AvgIpc) is 2.97. The number of fused-ring (bicyclic) bond motifs is 1. The Labute approximate surface area is 155 Å². The molecule has 1 aromatic carbocycles. The van der Waals surface area contributed by atoms with Gasteiger partial charge >= 0.3 is 11.9 Å². The van der Waals surface area contributed by atoms with Crippen LogP contribution in [0.5, 0.6) is 0 Å². The number of aliphatic hydroxyl groups is 1. The molecule has 3 rings (SSSR count). The molecule has 154 valence electrons. The Morgan fingerprint density at radius 1 is 1.25 bits per heavy atom. The summed E-state index contributed by atoms with van der Waals surface area (Å²) in [5.41, 5.74) is -2.92. The van der Waals surface area contributed by atoms with Gasteiger partial charge in [0.2, 0.25) is 0 Å². The van der Waals surface area contributed by atoms with Crippen molar-refractivity contribution in [2.75, 3.05) is 0 Å². The van der Waals surface area contributed by atoms with Gasteiger partial charge in [-0.3, -0.25) is 0 Å². The maximum atomic E-state index is 13.9. The van der Waals surface area contributed by atoms with Crippen LogP contribution in [-0.4, -0.2) is 25.6 Å². The fourth-order valence-corrected chi connectivity index (χ4v) is 3.93. The van der Waals surface area contributed by atoms with E-state index in [9.17, 15) is 44.4 Å². The molecule has 3 nitrogen and oxygen atoms in total. The Morgan fingerprint density at radius 3 is 2.46 bits per heavy atom. The molecule has 0 saturated heterocycles. The maximum Gasteiger partial charge on any atom is 0.419 e. The minimum absolute atomic E-state index is 0.192. The summed E-state index contributed by atoms with van der Waals surface area (Å²) >= 11 is 0. The van der Waals surface area contributed by atoms with Gasteiger partial charge in [-0.2, -0.15) is 22.0 Å². The van der Waals surface area contributed by atoms with Crippen molar-refractivity contribution in [1.82, 2.24) is 4.57 Å². The van der Waals surface area contributed by atoms with E-state index in [-0.39, 0.29) is 11.4 Å². The lowest BCUT2D eigenvalue weighted by atomic mass is 9.91. The number of aliphatic hydroxyl groups excluding tert-OH is 1. The van der Waals surface area contributed by atoms with Crippen LogP contribution in [0.15, 0.2) is 29.3 Å². The van der Waals surface area contributed by atoms with Crippen molar-refractivity contribution in [2.24, 2.45) is 0 Å². The molecule has 0 fully saturated rings. The van der Waals surface area contributed by atoms with Gasteiger partial charge in [0.15, 0.2) is 0 Å². The van der Waals surface area contributed by atoms with E-state index in [1.54, 1.807) is 0 Å². The van der Waals surface area contributed by atoms with Crippen LogP contribution in [0.25, 0.3) is 5.69 Å². The van der Waals surface area contributed by atoms with Crippen LogP contribution in [0.2, 0.25) is 0 Å². The van der Waals surface area contributed by atoms with Crippen molar-refractivity contribution < 1.29 is 44.4 Å². The highest BCUT2D eigenvalue weighted by Gasteiger charge is 2.47. The number of rotatable bonds is 3. The van der Waals surface area contributed by atoms with Gasteiger partial charge in [-0.05, 0) is 24.6 Å². The zero-order valence-corrected chi connectivity index (χ0v) is 14.4. The molecule has 0 aliphatic heterocycles. The monoisotopic (exact) mass is 433 g/mol. The summed E-state index contributed by atoms with van der Waals surface area (Å²) in [5, 5.41) is 9.91. The molecule has 1 heterocycles. The normalized spacial score (nSPS) is 20.3. The molecule has 0 spiro atoms. The first-order valence-electron chi connectivity index (χ1n) is 7.70. The zero-order valence-electron chi connectivity index (χ0n) is 13.6. The number of benzene rings is 1. The van der Waals surface area contributed by atoms with Gasteiger partial charge in [-0.15, -0.1) is 0 Å². The summed E-state index contributed by atoms with van der Waals surface area (Å²) in [6.45, 7) is 0. The Hall–Kier alpha value is -1.95. The van der Waals surface area contributed by atoms with E-state index < -0.39 is 69.4 Å². The number of hydrogen-bond donors (Lipinski definition) is 1. The summed E-state index contributed by atoms with van der Waals surface area (Å²) in [4.78, 5) is -0.810. The zero-order chi connectivity index (χ0) is 21.0. The number of aromatic nitrogens is 1. The van der Waals surface area contributed by atoms with Gasteiger partial charge < -0.3 is 9.67 Å². The third-order valence-electron chi connectivity index (χ3n) is 4.39. The predicted octanol–water partition coefficient (Wildman–Crippen LogP) is 4.58. The van der Waals surface area contributed by atoms with Crippen LogP contribution in [0, 0.1) is 5.82 Å². The van der Waals surface area contributed by atoms with E-state index in [0.717, 1.165) is 10.6 Å². The van der Waals surface area contributed by atoms with E-state index in [0.29, 0.717) is 18.3 Å². The summed E-state index contributed by atoms with van der Waals surface area (Å²) in [6, 6.07) is 1.75. The molecule has 0 bridgehead atoms. The third kappa shape index (κ3) is 3.43. The van der Waals surface area contributed by atoms with Crippen LogP contribution in [-0.2, 0) is 23.4 Å². The van der Waals surface area contributed by atoms with Gasteiger partial charge in [-0.25, -0.2) is 17.4 Å². The van der Waals surface area contributed by atoms with Gasteiger partial charge in [-0.1, -0.05) is 0 Å². The second-order valence-corrected chi connectivity index (χ2v) is 7.50. The van der Waals surface area contributed by atoms with E-state index in [2.05, 4.69) is 0 Å². The second-order valence-electron chi connectivity index (χ2n) is 6.11. The fourth-order valence-electron chi connectivity index (χ4n) is 3.08. The minimum Gasteiger partial charge on any atom is -0.382 e. The lowest BCUT2D eigenvalue weighted by Gasteiger charge is -2.29. The van der Waals surface area contributed by atoms with Crippen LogP contribution < -0.4 is 0 Å². The smallest absolute Gasteiger partial charge is 0.382 e. The first-order valence-corrected chi connectivity index (χ1v) is 8.91. The largest absolute Gasteiger partial charge is 0.419 e. The van der Waals surface area contributed by atoms with Crippen LogP contribution in [0.1, 0.15) is 29.3 Å². The summed E-state index contributed by atoms with van der Waals surface area (Å²) < 4.78 is 119. The predicted molar refractivity (Wildman–Crippen MR) is 81.4 cm³/mol. The molecule has 1 aliphatic rings. The van der Waals surface area contributed by atoms with Gasteiger partial charge in [0.25, 0.3) is 5.92 Å². The molecular weight excluding hydrogens is 422 g/mol. The summed E-state index contributed by atoms with van der Waals surface area (Å²) in [6.07, 6.45) is -8.30. The Kier molecular flexibility index (Phi) is 5.07. The third-order valence-corrected chi connectivity index (χ3v) is 5.48. The minimum atomic E-state index is -5.06. The van der Waals surface area contributed by atoms with Gasteiger partial charge in [0.05, 0.1) is 10.5 Å². The van der Waals surface area contributed by atoms with Crippen molar-refractivity contribution in [3.63, 3.8) is 0 Å². The van der Waals surface area contributed by atoms with E-state index in [1.807, 2.05) is 0 Å². The molecule has 0 saturated carbocycles. The Balaban J connectivity index is 2.25. The Bertz CT molecular complexity index is 937. The topological polar surface area (TPSA) is 42.2 Å². The molecule has 1 aromatic heterocycles. The molecule has 1 aliphatic carbocycles. The lowest BCUT2D eigenvalue weighted by molar-refractivity contribution is -0.140. The maximum absolute atomic E-state index is 13.9. The van der Waals surface area contributed by atoms with Crippen LogP contribution in [0.4, 0.5) is 35.1 Å². The van der Waals surface area contributed by atoms with E-state index in [1.165, 1.54) is 0 Å². The first kappa shape index (κ1) is 20.8. The summed E-state index contributed by atoms with van der Waals surface area (Å²) in [7, 11) is -3.10. The average molecular weight is 433 g/mol. The highest BCUT2D eigenvalue weighted by atomic mass is 32.2. The molecular formula is C16H11F8NO2S. The number of halogens is 8. The molecule has 2 atom stereocenters. The number of nitrogens with zero attached hydrogens (tertiary/aromatic N) is 1. The van der Waals surface area contributed by atoms with Crippen molar-refractivity contribution >= 4 is 10.8 Å². The number of hydrogen-bond acceptors (Lipinski definition) is 2. The molecule has 0 radical (unpaired) electrons. The molecule has 1 unspecified atom stereocenters. The van der Waals surface area contributed by atoms with Crippen molar-refractivity contribution in [3.8, 4) is 5.69 Å². The van der Waals surface area contributed by atoms with E-state index in [4.69, 9.17) is 0 Å². The van der Waals surface area contributed by atoms with Gasteiger partial charge in [0, 0.05) is 29.6 Å². The molecule has 28 heavy (non-hydrogen) atoms. The standard InChI is InChI=1S/C16H11F8NO2S/c17-9-2-1-7(5-8(9)16(22,23)24)25-6-11(28(27)14(18)19)12-10(25)3-4-15(20,21)13(12)26/h1-2,5-6,13-14,26H,3-4H2/t13?,28-/m0/s1. The van der Waals surface area contributed by atoms with Gasteiger partial charge in [0.1, 0.15) is 22.7 Å². The fraction of sp³-hybridized carbons (Fsp3) is 0.375. The molecule has 12 heteroatoms. The van der Waals surface area contributed by atoms with Crippen molar-refractivity contribution in [1.29, 1.82) is 0 Å². The highest BCUT2D eigenvalue weighted by molar-refractivity contribution is 7.85.